The number of carbonyl (C=O) groups excluding carboxylic acids is 1. The van der Waals surface area contributed by atoms with Crippen molar-refractivity contribution in [2.45, 2.75) is 39.0 Å². The van der Waals surface area contributed by atoms with Crippen LogP contribution in [0.3, 0.4) is 0 Å². The second-order valence-electron chi connectivity index (χ2n) is 4.11. The van der Waals surface area contributed by atoms with Crippen LogP contribution < -0.4 is 0 Å². The van der Waals surface area contributed by atoms with Crippen LogP contribution in [0.4, 0.5) is 0 Å². The number of Topliss-reactive ketones (excluding diaryl/α,β-unsaturated/α-hetero) is 1. The number of rotatable bonds is 5. The van der Waals surface area contributed by atoms with Crippen LogP contribution in [0.5, 0.6) is 0 Å². The molecule has 0 spiro atoms. The molecule has 1 N–H and O–H groups in total. The predicted molar refractivity (Wildman–Crippen MR) is 57.5 cm³/mol. The van der Waals surface area contributed by atoms with Gasteiger partial charge < -0.3 is 5.11 Å². The van der Waals surface area contributed by atoms with Gasteiger partial charge in [-0.15, -0.1) is 0 Å². The Morgan fingerprint density at radius 2 is 2.33 bits per heavy atom. The molecule has 0 saturated heterocycles. The smallest absolute Gasteiger partial charge is 0.303 e. The maximum Gasteiger partial charge on any atom is 0.303 e. The first-order valence-electron chi connectivity index (χ1n) is 5.56. The molecule has 84 valence electrons. The first-order valence-corrected chi connectivity index (χ1v) is 5.56. The SMILES string of the molecule is CCC/C=C\[C@H]1C(=O)CC[C@@H]1CC(=O)O. The summed E-state index contributed by atoms with van der Waals surface area (Å²) in [5.74, 6) is -0.729. The summed E-state index contributed by atoms with van der Waals surface area (Å²) >= 11 is 0. The normalized spacial score (nSPS) is 26.3. The Bertz CT molecular complexity index is 268. The van der Waals surface area contributed by atoms with Crippen LogP contribution in [0, 0.1) is 11.8 Å². The van der Waals surface area contributed by atoms with Crippen molar-refractivity contribution < 1.29 is 14.7 Å². The van der Waals surface area contributed by atoms with E-state index in [0.717, 1.165) is 19.3 Å². The lowest BCUT2D eigenvalue weighted by molar-refractivity contribution is -0.138. The Hall–Kier alpha value is -1.12. The molecule has 1 aliphatic carbocycles. The van der Waals surface area contributed by atoms with Gasteiger partial charge in [-0.2, -0.15) is 0 Å². The molecule has 0 unspecified atom stereocenters. The third-order valence-electron chi connectivity index (χ3n) is 2.88. The first-order chi connectivity index (χ1) is 7.15. The standard InChI is InChI=1S/C12H18O3/c1-2-3-4-5-10-9(8-12(14)15)6-7-11(10)13/h4-5,9-10H,2-3,6-8H2,1H3,(H,14,15)/b5-4-/t9-,10-/m1/s1. The van der Waals surface area contributed by atoms with Crippen molar-refractivity contribution in [3.63, 3.8) is 0 Å². The van der Waals surface area contributed by atoms with E-state index in [0.29, 0.717) is 6.42 Å². The van der Waals surface area contributed by atoms with Gasteiger partial charge in [0, 0.05) is 18.8 Å². The molecule has 0 aromatic heterocycles. The van der Waals surface area contributed by atoms with Crippen LogP contribution in [0.25, 0.3) is 0 Å². The zero-order chi connectivity index (χ0) is 11.3. The second-order valence-corrected chi connectivity index (χ2v) is 4.11. The predicted octanol–water partition coefficient (Wildman–Crippen LogP) is 2.41. The van der Waals surface area contributed by atoms with Crippen molar-refractivity contribution in [3.05, 3.63) is 12.2 Å². The molecule has 0 bridgehead atoms. The average molecular weight is 210 g/mol. The Labute approximate surface area is 90.2 Å². The third kappa shape index (κ3) is 3.50. The first kappa shape index (κ1) is 12.0. The quantitative estimate of drug-likeness (QED) is 0.709. The molecule has 2 atom stereocenters. The third-order valence-corrected chi connectivity index (χ3v) is 2.88. The fourth-order valence-electron chi connectivity index (χ4n) is 2.06. The summed E-state index contributed by atoms with van der Waals surface area (Å²) in [7, 11) is 0. The van der Waals surface area contributed by atoms with Gasteiger partial charge in [0.1, 0.15) is 5.78 Å². The van der Waals surface area contributed by atoms with E-state index in [1.54, 1.807) is 0 Å². The Kier molecular flexibility index (Phi) is 4.53. The minimum absolute atomic E-state index is 0.0168. The highest BCUT2D eigenvalue weighted by Crippen LogP contribution is 2.32. The number of aliphatic carboxylic acids is 1. The summed E-state index contributed by atoms with van der Waals surface area (Å²) in [5, 5.41) is 8.71. The number of carboxylic acid groups (broad SMARTS) is 1. The number of hydrogen-bond acceptors (Lipinski definition) is 2. The van der Waals surface area contributed by atoms with Crippen molar-refractivity contribution in [2.24, 2.45) is 11.8 Å². The molecule has 1 rings (SSSR count). The molecule has 0 radical (unpaired) electrons. The van der Waals surface area contributed by atoms with Crippen molar-refractivity contribution in [2.75, 3.05) is 0 Å². The molecule has 3 nitrogen and oxygen atoms in total. The van der Waals surface area contributed by atoms with E-state index in [2.05, 4.69) is 6.92 Å². The van der Waals surface area contributed by atoms with Gasteiger partial charge in [0.15, 0.2) is 0 Å². The second kappa shape index (κ2) is 5.69. The molecule has 0 aliphatic heterocycles. The number of unbranched alkanes of at least 4 members (excludes halogenated alkanes) is 1. The number of hydrogen-bond donors (Lipinski definition) is 1. The number of ketones is 1. The van der Waals surface area contributed by atoms with Crippen LogP contribution in [-0.2, 0) is 9.59 Å². The van der Waals surface area contributed by atoms with Crippen molar-refractivity contribution in [3.8, 4) is 0 Å². The Morgan fingerprint density at radius 1 is 1.60 bits per heavy atom. The van der Waals surface area contributed by atoms with E-state index in [-0.39, 0.29) is 24.0 Å². The molecule has 0 aromatic rings. The van der Waals surface area contributed by atoms with Gasteiger partial charge in [-0.05, 0) is 18.8 Å². The molecular formula is C12H18O3. The van der Waals surface area contributed by atoms with Gasteiger partial charge in [-0.25, -0.2) is 0 Å². The van der Waals surface area contributed by atoms with Crippen molar-refractivity contribution in [1.82, 2.24) is 0 Å². The summed E-state index contributed by atoms with van der Waals surface area (Å²) in [6.07, 6.45) is 7.32. The fraction of sp³-hybridized carbons (Fsp3) is 0.667. The van der Waals surface area contributed by atoms with Gasteiger partial charge in [-0.3, -0.25) is 9.59 Å². The lowest BCUT2D eigenvalue weighted by atomic mass is 9.92. The molecule has 1 fully saturated rings. The maximum absolute atomic E-state index is 11.5. The highest BCUT2D eigenvalue weighted by molar-refractivity contribution is 5.85. The van der Waals surface area contributed by atoms with Gasteiger partial charge >= 0.3 is 5.97 Å². The fourth-order valence-corrected chi connectivity index (χ4v) is 2.06. The lowest BCUT2D eigenvalue weighted by Crippen LogP contribution is -2.15. The summed E-state index contributed by atoms with van der Waals surface area (Å²) < 4.78 is 0. The molecule has 3 heteroatoms. The van der Waals surface area contributed by atoms with E-state index in [4.69, 9.17) is 5.11 Å². The average Bonchev–Trinajstić information content (AvgIpc) is 2.49. The largest absolute Gasteiger partial charge is 0.481 e. The summed E-state index contributed by atoms with van der Waals surface area (Å²) in [4.78, 5) is 22.1. The van der Waals surface area contributed by atoms with Crippen LogP contribution in [-0.4, -0.2) is 16.9 Å². The van der Waals surface area contributed by atoms with E-state index >= 15 is 0 Å². The van der Waals surface area contributed by atoms with Crippen molar-refractivity contribution >= 4 is 11.8 Å². The molecular weight excluding hydrogens is 192 g/mol. The summed E-state index contributed by atoms with van der Waals surface area (Å²) in [6, 6.07) is 0. The minimum atomic E-state index is -0.802. The van der Waals surface area contributed by atoms with Gasteiger partial charge in [0.25, 0.3) is 0 Å². The molecule has 0 amide bonds. The van der Waals surface area contributed by atoms with E-state index < -0.39 is 5.97 Å². The van der Waals surface area contributed by atoms with Crippen molar-refractivity contribution in [1.29, 1.82) is 0 Å². The number of allylic oxidation sites excluding steroid dienone is 2. The van der Waals surface area contributed by atoms with E-state index in [9.17, 15) is 9.59 Å². The highest BCUT2D eigenvalue weighted by Gasteiger charge is 2.33. The number of carboxylic acids is 1. The molecule has 0 heterocycles. The maximum atomic E-state index is 11.5. The minimum Gasteiger partial charge on any atom is -0.481 e. The molecule has 1 aliphatic rings. The zero-order valence-corrected chi connectivity index (χ0v) is 9.11. The summed E-state index contributed by atoms with van der Waals surface area (Å²) in [5.41, 5.74) is 0. The van der Waals surface area contributed by atoms with E-state index in [1.807, 2.05) is 12.2 Å². The molecule has 0 aromatic carbocycles. The van der Waals surface area contributed by atoms with Gasteiger partial charge in [0.2, 0.25) is 0 Å². The molecule has 15 heavy (non-hydrogen) atoms. The van der Waals surface area contributed by atoms with Crippen LogP contribution >= 0.6 is 0 Å². The van der Waals surface area contributed by atoms with E-state index in [1.165, 1.54) is 0 Å². The van der Waals surface area contributed by atoms with Crippen LogP contribution in [0.1, 0.15) is 39.0 Å². The molecule has 1 saturated carbocycles. The summed E-state index contributed by atoms with van der Waals surface area (Å²) in [6.45, 7) is 2.08. The van der Waals surface area contributed by atoms with Crippen LogP contribution in [0.15, 0.2) is 12.2 Å². The Balaban J connectivity index is 2.56. The zero-order valence-electron chi connectivity index (χ0n) is 9.11. The monoisotopic (exact) mass is 210 g/mol. The topological polar surface area (TPSA) is 54.4 Å². The Morgan fingerprint density at radius 3 is 2.93 bits per heavy atom. The van der Waals surface area contributed by atoms with Crippen LogP contribution in [0.2, 0.25) is 0 Å². The highest BCUT2D eigenvalue weighted by atomic mass is 16.4. The van der Waals surface area contributed by atoms with Gasteiger partial charge in [0.05, 0.1) is 0 Å². The lowest BCUT2D eigenvalue weighted by Gasteiger charge is -2.11. The number of carbonyl (C=O) groups is 2. The van der Waals surface area contributed by atoms with Gasteiger partial charge in [-0.1, -0.05) is 25.5 Å².